The Kier molecular flexibility index (Phi) is 6.37. The number of hydrogen-bond acceptors (Lipinski definition) is 8. The summed E-state index contributed by atoms with van der Waals surface area (Å²) in [5.41, 5.74) is 1.08. The monoisotopic (exact) mass is 469 g/mol. The number of β-lactam (4-membered cyclic amide) rings is 1. The average molecular weight is 470 g/mol. The first-order chi connectivity index (χ1) is 15.8. The van der Waals surface area contributed by atoms with Crippen molar-refractivity contribution in [2.75, 3.05) is 6.79 Å². The number of nitrogens with one attached hydrogen (secondary N) is 1. The maximum atomic E-state index is 12.8. The fourth-order valence-corrected chi connectivity index (χ4v) is 5.54. The van der Waals surface area contributed by atoms with Crippen molar-refractivity contribution >= 4 is 35.5 Å². The first-order valence-corrected chi connectivity index (χ1v) is 11.2. The Bertz CT molecular complexity index is 1060. The molecule has 2 fully saturated rings. The van der Waals surface area contributed by atoms with Gasteiger partial charge in [-0.2, -0.15) is 0 Å². The summed E-state index contributed by atoms with van der Waals surface area (Å²) in [5.74, 6) is -1.94. The third-order valence-corrected chi connectivity index (χ3v) is 7.05. The first kappa shape index (κ1) is 22.8. The molecule has 1 N–H and O–H groups in total. The molecule has 2 aromatic rings. The molecule has 2 amide bonds. The molecule has 0 saturated carbocycles. The van der Waals surface area contributed by atoms with Crippen LogP contribution >= 0.6 is 11.8 Å². The minimum atomic E-state index is -0.862. The van der Waals surface area contributed by atoms with E-state index in [1.807, 2.05) is 44.2 Å². The van der Waals surface area contributed by atoms with Crippen molar-refractivity contribution in [1.82, 2.24) is 15.2 Å². The summed E-state index contributed by atoms with van der Waals surface area (Å²) in [5, 5.41) is 2.41. The number of amides is 2. The minimum Gasteiger partial charge on any atom is -0.426 e. The van der Waals surface area contributed by atoms with Gasteiger partial charge in [-0.05, 0) is 31.5 Å². The van der Waals surface area contributed by atoms with Crippen molar-refractivity contribution in [3.63, 3.8) is 0 Å². The summed E-state index contributed by atoms with van der Waals surface area (Å²) < 4.78 is 9.48. The number of ether oxygens (including phenoxy) is 2. The molecule has 4 rings (SSSR count). The molecular weight excluding hydrogens is 446 g/mol. The zero-order valence-corrected chi connectivity index (χ0v) is 18.9. The number of pyridine rings is 1. The number of hydrogen-bond donors (Lipinski definition) is 1. The molecule has 10 heteroatoms. The highest BCUT2D eigenvalue weighted by Gasteiger charge is 2.64. The van der Waals surface area contributed by atoms with Crippen LogP contribution in [-0.4, -0.2) is 62.6 Å². The third kappa shape index (κ3) is 4.70. The van der Waals surface area contributed by atoms with Crippen molar-refractivity contribution in [3.8, 4) is 0 Å². The number of aromatic nitrogens is 1. The predicted molar refractivity (Wildman–Crippen MR) is 119 cm³/mol. The number of carbonyl (C=O) groups is 4. The molecule has 0 aliphatic carbocycles. The Balaban J connectivity index is 1.32. The van der Waals surface area contributed by atoms with E-state index in [2.05, 4.69) is 10.3 Å². The number of thioether (sulfide) groups is 1. The molecule has 3 atom stereocenters. The summed E-state index contributed by atoms with van der Waals surface area (Å²) >= 11 is 1.42. The van der Waals surface area contributed by atoms with Gasteiger partial charge in [0, 0.05) is 17.1 Å². The maximum Gasteiger partial charge on any atom is 0.342 e. The summed E-state index contributed by atoms with van der Waals surface area (Å²) in [7, 11) is 0. The minimum absolute atomic E-state index is 0.166. The standard InChI is InChI=1S/C23H23N3O6S/c1-23(2)18(22(30)32-13-31-21(29)15-9-6-10-24-12-15)26-19(28)17(20(26)33-23)25-16(27)11-14-7-4-3-5-8-14/h3-10,12,17-18,20H,11,13H2,1-2H3,(H,25,27)/t17-,18+,20-/m0/s1. The van der Waals surface area contributed by atoms with E-state index in [-0.39, 0.29) is 29.2 Å². The highest BCUT2D eigenvalue weighted by atomic mass is 32.2. The normalized spacial score (nSPS) is 22.7. The van der Waals surface area contributed by atoms with Crippen LogP contribution in [0.4, 0.5) is 0 Å². The van der Waals surface area contributed by atoms with Crippen LogP contribution in [0.15, 0.2) is 54.9 Å². The summed E-state index contributed by atoms with van der Waals surface area (Å²) in [6.07, 6.45) is 3.03. The van der Waals surface area contributed by atoms with Crippen molar-refractivity contribution in [2.24, 2.45) is 0 Å². The third-order valence-electron chi connectivity index (χ3n) is 5.48. The van der Waals surface area contributed by atoms with Crippen LogP contribution in [-0.2, 0) is 30.3 Å². The lowest BCUT2D eigenvalue weighted by Crippen LogP contribution is -2.70. The zero-order chi connectivity index (χ0) is 23.6. The van der Waals surface area contributed by atoms with E-state index >= 15 is 0 Å². The molecule has 0 unspecified atom stereocenters. The molecule has 2 aliphatic heterocycles. The van der Waals surface area contributed by atoms with E-state index < -0.39 is 35.6 Å². The van der Waals surface area contributed by atoms with Crippen molar-refractivity contribution in [1.29, 1.82) is 0 Å². The second-order valence-corrected chi connectivity index (χ2v) is 9.99. The van der Waals surface area contributed by atoms with Gasteiger partial charge in [0.2, 0.25) is 18.6 Å². The van der Waals surface area contributed by atoms with Gasteiger partial charge in [0.25, 0.3) is 0 Å². The topological polar surface area (TPSA) is 115 Å². The molecule has 1 aromatic heterocycles. The molecule has 33 heavy (non-hydrogen) atoms. The Morgan fingerprint density at radius 1 is 1.12 bits per heavy atom. The van der Waals surface area contributed by atoms with Gasteiger partial charge in [0.15, 0.2) is 0 Å². The van der Waals surface area contributed by atoms with Gasteiger partial charge in [-0.3, -0.25) is 14.6 Å². The van der Waals surface area contributed by atoms with Gasteiger partial charge in [-0.1, -0.05) is 30.3 Å². The molecule has 9 nitrogen and oxygen atoms in total. The molecule has 2 saturated heterocycles. The summed E-state index contributed by atoms with van der Waals surface area (Å²) in [6.45, 7) is 3.09. The lowest BCUT2D eigenvalue weighted by Gasteiger charge is -2.43. The number of benzene rings is 1. The lowest BCUT2D eigenvalue weighted by atomic mass is 9.96. The maximum absolute atomic E-state index is 12.8. The Morgan fingerprint density at radius 3 is 2.58 bits per heavy atom. The van der Waals surface area contributed by atoms with E-state index in [9.17, 15) is 19.2 Å². The Hall–Kier alpha value is -3.40. The fraction of sp³-hybridized carbons (Fsp3) is 0.348. The van der Waals surface area contributed by atoms with E-state index in [1.54, 1.807) is 6.07 Å². The number of carbonyl (C=O) groups excluding carboxylic acids is 4. The Labute approximate surface area is 194 Å². The molecule has 1 aromatic carbocycles. The van der Waals surface area contributed by atoms with Crippen molar-refractivity contribution < 1.29 is 28.7 Å². The average Bonchev–Trinajstić information content (AvgIpc) is 3.06. The number of esters is 2. The lowest BCUT2D eigenvalue weighted by molar-refractivity contribution is -0.169. The van der Waals surface area contributed by atoms with Crippen LogP contribution in [0.25, 0.3) is 0 Å². The van der Waals surface area contributed by atoms with Gasteiger partial charge in [0.05, 0.1) is 12.0 Å². The molecule has 0 bridgehead atoms. The molecular formula is C23H23N3O6S. The molecule has 0 spiro atoms. The number of rotatable bonds is 7. The highest BCUT2D eigenvalue weighted by Crippen LogP contribution is 2.51. The molecule has 0 radical (unpaired) electrons. The quantitative estimate of drug-likeness (QED) is 0.369. The van der Waals surface area contributed by atoms with Gasteiger partial charge >= 0.3 is 11.9 Å². The van der Waals surface area contributed by atoms with Crippen LogP contribution in [0.1, 0.15) is 29.8 Å². The van der Waals surface area contributed by atoms with Gasteiger partial charge in [-0.15, -0.1) is 11.8 Å². The molecule has 3 heterocycles. The van der Waals surface area contributed by atoms with Crippen LogP contribution in [0, 0.1) is 0 Å². The second kappa shape index (κ2) is 9.22. The van der Waals surface area contributed by atoms with Gasteiger partial charge < -0.3 is 19.7 Å². The van der Waals surface area contributed by atoms with Crippen LogP contribution in [0.5, 0.6) is 0 Å². The highest BCUT2D eigenvalue weighted by molar-refractivity contribution is 8.01. The van der Waals surface area contributed by atoms with Crippen LogP contribution < -0.4 is 5.32 Å². The summed E-state index contributed by atoms with van der Waals surface area (Å²) in [6, 6.07) is 10.8. The van der Waals surface area contributed by atoms with Gasteiger partial charge in [-0.25, -0.2) is 9.59 Å². The van der Waals surface area contributed by atoms with E-state index in [0.29, 0.717) is 0 Å². The van der Waals surface area contributed by atoms with E-state index in [4.69, 9.17) is 9.47 Å². The van der Waals surface area contributed by atoms with Crippen LogP contribution in [0.2, 0.25) is 0 Å². The molecule has 2 aliphatic rings. The van der Waals surface area contributed by atoms with Crippen molar-refractivity contribution in [2.45, 2.75) is 42.5 Å². The number of nitrogens with zero attached hydrogens (tertiary/aromatic N) is 2. The first-order valence-electron chi connectivity index (χ1n) is 10.3. The van der Waals surface area contributed by atoms with E-state index in [0.717, 1.165) is 5.56 Å². The van der Waals surface area contributed by atoms with Gasteiger partial charge in [0.1, 0.15) is 17.5 Å². The predicted octanol–water partition coefficient (Wildman–Crippen LogP) is 1.53. The van der Waals surface area contributed by atoms with Crippen molar-refractivity contribution in [3.05, 3.63) is 66.0 Å². The number of fused-ring (bicyclic) bond motifs is 1. The molecule has 172 valence electrons. The largest absolute Gasteiger partial charge is 0.426 e. The second-order valence-electron chi connectivity index (χ2n) is 8.22. The van der Waals surface area contributed by atoms with E-state index in [1.165, 1.54) is 35.1 Å². The Morgan fingerprint density at radius 2 is 1.88 bits per heavy atom. The SMILES string of the molecule is CC1(C)S[C@H]2[C@@H](NC(=O)Cc3ccccc3)C(=O)N2[C@@H]1C(=O)OCOC(=O)c1cccnc1. The zero-order valence-electron chi connectivity index (χ0n) is 18.1. The smallest absolute Gasteiger partial charge is 0.342 e. The summed E-state index contributed by atoms with van der Waals surface area (Å²) in [4.78, 5) is 55.2. The van der Waals surface area contributed by atoms with Crippen LogP contribution in [0.3, 0.4) is 0 Å². The fourth-order valence-electron chi connectivity index (χ4n) is 3.92.